The average Bonchev–Trinajstić information content (AvgIpc) is 2.65. The molecular formula is C20H24N2O4. The van der Waals surface area contributed by atoms with E-state index in [1.807, 2.05) is 60.7 Å². The number of benzene rings is 2. The van der Waals surface area contributed by atoms with Crippen molar-refractivity contribution in [1.29, 1.82) is 0 Å². The highest BCUT2D eigenvalue weighted by Crippen LogP contribution is 2.12. The van der Waals surface area contributed by atoms with Crippen molar-refractivity contribution in [3.05, 3.63) is 71.8 Å². The fraction of sp³-hybridized carbons (Fsp3) is 0.300. The molecule has 0 fully saturated rings. The number of carboxylic acid groups (broad SMARTS) is 1. The highest BCUT2D eigenvalue weighted by molar-refractivity contribution is 5.84. The molecular weight excluding hydrogens is 332 g/mol. The molecule has 0 saturated heterocycles. The molecule has 0 heterocycles. The average molecular weight is 356 g/mol. The first-order chi connectivity index (χ1) is 12.6. The van der Waals surface area contributed by atoms with E-state index in [0.717, 1.165) is 11.1 Å². The molecule has 0 aromatic heterocycles. The fourth-order valence-corrected chi connectivity index (χ4v) is 2.71. The van der Waals surface area contributed by atoms with E-state index in [1.54, 1.807) is 4.90 Å². The highest BCUT2D eigenvalue weighted by Gasteiger charge is 2.28. The van der Waals surface area contributed by atoms with E-state index in [-0.39, 0.29) is 25.5 Å². The Morgan fingerprint density at radius 3 is 2.08 bits per heavy atom. The molecule has 0 aliphatic rings. The number of nitrogens with one attached hydrogen (secondary N) is 1. The van der Waals surface area contributed by atoms with Crippen LogP contribution in [0, 0.1) is 0 Å². The van der Waals surface area contributed by atoms with Gasteiger partial charge >= 0.3 is 5.97 Å². The second kappa shape index (κ2) is 10.3. The Morgan fingerprint density at radius 2 is 1.54 bits per heavy atom. The summed E-state index contributed by atoms with van der Waals surface area (Å²) in [6.45, 7) is 0.703. The van der Waals surface area contributed by atoms with Crippen molar-refractivity contribution < 1.29 is 19.8 Å². The number of amides is 1. The first-order valence-electron chi connectivity index (χ1n) is 8.52. The lowest BCUT2D eigenvalue weighted by Gasteiger charge is -2.28. The van der Waals surface area contributed by atoms with Crippen molar-refractivity contribution in [2.45, 2.75) is 25.6 Å². The molecule has 0 unspecified atom stereocenters. The molecule has 2 aromatic rings. The van der Waals surface area contributed by atoms with Gasteiger partial charge in [0.05, 0.1) is 13.0 Å². The fourth-order valence-electron chi connectivity index (χ4n) is 2.71. The van der Waals surface area contributed by atoms with Crippen LogP contribution in [0.1, 0.15) is 17.5 Å². The quantitative estimate of drug-likeness (QED) is 0.602. The lowest BCUT2D eigenvalue weighted by molar-refractivity contribution is -0.146. The van der Waals surface area contributed by atoms with Crippen LogP contribution in [0.2, 0.25) is 0 Å². The maximum absolute atomic E-state index is 12.2. The van der Waals surface area contributed by atoms with Gasteiger partial charge in [0.15, 0.2) is 0 Å². The Balaban J connectivity index is 1.99. The molecule has 0 spiro atoms. The molecule has 2 rings (SSSR count). The van der Waals surface area contributed by atoms with Gasteiger partial charge in [-0.1, -0.05) is 60.7 Å². The van der Waals surface area contributed by atoms with Crippen molar-refractivity contribution in [2.75, 3.05) is 13.2 Å². The molecule has 3 N–H and O–H groups in total. The molecule has 1 amide bonds. The molecule has 0 aliphatic carbocycles. The number of aliphatic carboxylic acids is 1. The standard InChI is InChI=1S/C20H24N2O4/c23-12-11-22(15-17-9-5-2-6-10-17)18(20(25)26)13-19(24)21-14-16-7-3-1-4-8-16/h1-10,18,23H,11-15H2,(H,21,24)(H,25,26)/t18-/m1/s1. The highest BCUT2D eigenvalue weighted by atomic mass is 16.4. The van der Waals surface area contributed by atoms with Crippen LogP contribution in [0.3, 0.4) is 0 Å². The van der Waals surface area contributed by atoms with Crippen LogP contribution in [0.25, 0.3) is 0 Å². The summed E-state index contributed by atoms with van der Waals surface area (Å²) in [6, 6.07) is 17.8. The minimum Gasteiger partial charge on any atom is -0.480 e. The minimum atomic E-state index is -1.08. The summed E-state index contributed by atoms with van der Waals surface area (Å²) in [6.07, 6.45) is -0.172. The van der Waals surface area contributed by atoms with Gasteiger partial charge in [-0.25, -0.2) is 0 Å². The van der Waals surface area contributed by atoms with Crippen molar-refractivity contribution in [2.24, 2.45) is 0 Å². The van der Waals surface area contributed by atoms with Crippen molar-refractivity contribution in [3.63, 3.8) is 0 Å². The van der Waals surface area contributed by atoms with E-state index in [0.29, 0.717) is 13.1 Å². The number of hydrogen-bond acceptors (Lipinski definition) is 4. The van der Waals surface area contributed by atoms with Gasteiger partial charge in [-0.2, -0.15) is 0 Å². The molecule has 6 heteroatoms. The molecule has 1 atom stereocenters. The lowest BCUT2D eigenvalue weighted by atomic mass is 10.1. The maximum atomic E-state index is 12.2. The minimum absolute atomic E-state index is 0.172. The van der Waals surface area contributed by atoms with Crippen molar-refractivity contribution >= 4 is 11.9 Å². The number of carbonyl (C=O) groups excluding carboxylic acids is 1. The molecule has 2 aromatic carbocycles. The van der Waals surface area contributed by atoms with Crippen LogP contribution in [0.4, 0.5) is 0 Å². The van der Waals surface area contributed by atoms with Gasteiger partial charge in [-0.15, -0.1) is 0 Å². The smallest absolute Gasteiger partial charge is 0.321 e. The molecule has 0 aliphatic heterocycles. The molecule has 26 heavy (non-hydrogen) atoms. The predicted molar refractivity (Wildman–Crippen MR) is 98.3 cm³/mol. The number of rotatable bonds is 10. The summed E-state index contributed by atoms with van der Waals surface area (Å²) >= 11 is 0. The summed E-state index contributed by atoms with van der Waals surface area (Å²) in [5.41, 5.74) is 1.88. The third-order valence-corrected chi connectivity index (χ3v) is 4.05. The van der Waals surface area contributed by atoms with E-state index in [4.69, 9.17) is 0 Å². The topological polar surface area (TPSA) is 89.9 Å². The number of nitrogens with zero attached hydrogens (tertiary/aromatic N) is 1. The summed E-state index contributed by atoms with van der Waals surface area (Å²) < 4.78 is 0. The van der Waals surface area contributed by atoms with Gasteiger partial charge in [0.1, 0.15) is 6.04 Å². The molecule has 0 radical (unpaired) electrons. The third kappa shape index (κ3) is 6.31. The first-order valence-corrected chi connectivity index (χ1v) is 8.52. The molecule has 0 bridgehead atoms. The van der Waals surface area contributed by atoms with Crippen molar-refractivity contribution in [3.8, 4) is 0 Å². The van der Waals surface area contributed by atoms with E-state index in [2.05, 4.69) is 5.32 Å². The van der Waals surface area contributed by atoms with Crippen LogP contribution < -0.4 is 5.32 Å². The molecule has 6 nitrogen and oxygen atoms in total. The number of carboxylic acids is 1. The Hall–Kier alpha value is -2.70. The largest absolute Gasteiger partial charge is 0.480 e. The van der Waals surface area contributed by atoms with E-state index in [9.17, 15) is 19.8 Å². The Morgan fingerprint density at radius 1 is 0.962 bits per heavy atom. The van der Waals surface area contributed by atoms with Crippen LogP contribution in [0.5, 0.6) is 0 Å². The van der Waals surface area contributed by atoms with Crippen LogP contribution in [0.15, 0.2) is 60.7 Å². The third-order valence-electron chi connectivity index (χ3n) is 4.05. The van der Waals surface area contributed by atoms with Crippen LogP contribution >= 0.6 is 0 Å². The van der Waals surface area contributed by atoms with Crippen LogP contribution in [-0.2, 0) is 22.7 Å². The SMILES string of the molecule is O=C(C[C@H](C(=O)O)N(CCO)Cc1ccccc1)NCc1ccccc1. The Bertz CT molecular complexity index is 691. The van der Waals surface area contributed by atoms with Crippen molar-refractivity contribution in [1.82, 2.24) is 10.2 Å². The second-order valence-electron chi connectivity index (χ2n) is 6.00. The first kappa shape index (κ1) is 19.6. The molecule has 138 valence electrons. The van der Waals surface area contributed by atoms with E-state index < -0.39 is 12.0 Å². The normalized spacial score (nSPS) is 11.9. The summed E-state index contributed by atoms with van der Waals surface area (Å²) in [5.74, 6) is -1.42. The number of carbonyl (C=O) groups is 2. The zero-order valence-electron chi connectivity index (χ0n) is 14.5. The van der Waals surface area contributed by atoms with Gasteiger partial charge in [0.2, 0.25) is 5.91 Å². The lowest BCUT2D eigenvalue weighted by Crippen LogP contribution is -2.45. The number of aliphatic hydroxyl groups is 1. The summed E-state index contributed by atoms with van der Waals surface area (Å²) in [4.78, 5) is 25.6. The maximum Gasteiger partial charge on any atom is 0.321 e. The summed E-state index contributed by atoms with van der Waals surface area (Å²) in [7, 11) is 0. The van der Waals surface area contributed by atoms with Crippen LogP contribution in [-0.4, -0.2) is 46.2 Å². The summed E-state index contributed by atoms with van der Waals surface area (Å²) in [5, 5.41) is 21.6. The van der Waals surface area contributed by atoms with E-state index in [1.165, 1.54) is 0 Å². The number of aliphatic hydroxyl groups excluding tert-OH is 1. The van der Waals surface area contributed by atoms with E-state index >= 15 is 0 Å². The van der Waals surface area contributed by atoms with Gasteiger partial charge in [-0.3, -0.25) is 14.5 Å². The number of hydrogen-bond donors (Lipinski definition) is 3. The van der Waals surface area contributed by atoms with Gasteiger partial charge in [0, 0.05) is 19.6 Å². The van der Waals surface area contributed by atoms with Gasteiger partial charge in [-0.05, 0) is 11.1 Å². The predicted octanol–water partition coefficient (Wildman–Crippen LogP) is 1.64. The Kier molecular flexibility index (Phi) is 7.79. The monoisotopic (exact) mass is 356 g/mol. The van der Waals surface area contributed by atoms with Gasteiger partial charge in [0.25, 0.3) is 0 Å². The zero-order chi connectivity index (χ0) is 18.8. The molecule has 0 saturated carbocycles. The van der Waals surface area contributed by atoms with Gasteiger partial charge < -0.3 is 15.5 Å². The second-order valence-corrected chi connectivity index (χ2v) is 6.00. The zero-order valence-corrected chi connectivity index (χ0v) is 14.5. The Labute approximate surface area is 153 Å².